The molecule has 2 fully saturated rings. The van der Waals surface area contributed by atoms with Gasteiger partial charge in [-0.1, -0.05) is 42.1 Å². The molecule has 6 rings (SSSR count). The van der Waals surface area contributed by atoms with Crippen LogP contribution in [0.3, 0.4) is 0 Å². The third-order valence-corrected chi connectivity index (χ3v) is 11.2. The highest BCUT2D eigenvalue weighted by Crippen LogP contribution is 2.31. The van der Waals surface area contributed by atoms with Gasteiger partial charge in [-0.3, -0.25) is 0 Å². The summed E-state index contributed by atoms with van der Waals surface area (Å²) in [6.07, 6.45) is 13.7. The molecule has 9 heteroatoms. The minimum Gasteiger partial charge on any atom is -0.356 e. The lowest BCUT2D eigenvalue weighted by Crippen LogP contribution is -2.37. The average molecular weight is 614 g/mol. The van der Waals surface area contributed by atoms with Crippen molar-refractivity contribution < 1.29 is 4.52 Å². The molecule has 2 aromatic carbocycles. The summed E-state index contributed by atoms with van der Waals surface area (Å²) in [5, 5.41) is 5.90. The summed E-state index contributed by atoms with van der Waals surface area (Å²) in [7, 11) is 0. The molecule has 3 aromatic rings. The molecule has 0 unspecified atom stereocenters. The Morgan fingerprint density at radius 3 is 2.39 bits per heavy atom. The highest BCUT2D eigenvalue weighted by atomic mass is 35.5. The zero-order valence-electron chi connectivity index (χ0n) is 24.2. The van der Waals surface area contributed by atoms with Crippen LogP contribution in [0.15, 0.2) is 52.0 Å². The summed E-state index contributed by atoms with van der Waals surface area (Å²) < 4.78 is 13.1. The van der Waals surface area contributed by atoms with Gasteiger partial charge in [0.15, 0.2) is 5.58 Å². The van der Waals surface area contributed by atoms with Crippen LogP contribution in [0.4, 0.5) is 0 Å². The lowest BCUT2D eigenvalue weighted by Gasteiger charge is -2.34. The molecule has 0 N–H and O–H groups in total. The monoisotopic (exact) mass is 613 g/mol. The van der Waals surface area contributed by atoms with Crippen LogP contribution in [-0.2, 0) is 13.0 Å². The third kappa shape index (κ3) is 8.65. The zero-order valence-corrected chi connectivity index (χ0v) is 26.6. The molecule has 0 radical (unpaired) electrons. The molecule has 0 spiro atoms. The molecule has 0 bridgehead atoms. The van der Waals surface area contributed by atoms with Crippen LogP contribution in [0.2, 0.25) is 5.02 Å². The number of benzene rings is 2. The number of rotatable bonds is 6. The van der Waals surface area contributed by atoms with E-state index < -0.39 is 0 Å². The molecule has 0 amide bonds. The number of nitrogens with zero attached hydrogens (tertiary/aromatic N) is 5. The van der Waals surface area contributed by atoms with Crippen LogP contribution in [0.25, 0.3) is 11.0 Å². The van der Waals surface area contributed by atoms with Gasteiger partial charge in [-0.2, -0.15) is 0 Å². The van der Waals surface area contributed by atoms with Crippen molar-refractivity contribution >= 4 is 46.7 Å². The van der Waals surface area contributed by atoms with Gasteiger partial charge >= 0.3 is 0 Å². The Kier molecular flexibility index (Phi) is 10.9. The predicted octanol–water partition coefficient (Wildman–Crippen LogP) is 7.78. The Morgan fingerprint density at radius 2 is 1.56 bits per heavy atom. The van der Waals surface area contributed by atoms with E-state index in [1.807, 2.05) is 36.3 Å². The van der Waals surface area contributed by atoms with Crippen molar-refractivity contribution in [1.29, 1.82) is 0 Å². The lowest BCUT2D eigenvalue weighted by atomic mass is 9.89. The molecule has 3 heterocycles. The summed E-state index contributed by atoms with van der Waals surface area (Å²) in [6.45, 7) is 10.2. The first-order chi connectivity index (χ1) is 20.2. The molecule has 1 saturated carbocycles. The Hall–Kier alpha value is -1.26. The fraction of sp³-hybridized carbons (Fsp3) is 0.594. The maximum Gasteiger partial charge on any atom is 0.166 e. The summed E-state index contributed by atoms with van der Waals surface area (Å²) in [6, 6.07) is 12.9. The average Bonchev–Trinajstić information content (AvgIpc) is 3.45. The Labute approximate surface area is 259 Å². The fourth-order valence-electron chi connectivity index (χ4n) is 6.58. The highest BCUT2D eigenvalue weighted by Gasteiger charge is 2.22. The van der Waals surface area contributed by atoms with Crippen molar-refractivity contribution in [2.24, 2.45) is 5.92 Å². The van der Waals surface area contributed by atoms with Gasteiger partial charge in [0.2, 0.25) is 0 Å². The van der Waals surface area contributed by atoms with Gasteiger partial charge in [0.1, 0.15) is 0 Å². The Morgan fingerprint density at radius 1 is 0.780 bits per heavy atom. The quantitative estimate of drug-likeness (QED) is 0.261. The van der Waals surface area contributed by atoms with E-state index in [0.717, 1.165) is 67.6 Å². The standard InChI is InChI=1S/C32H44ClN5OS2/c33-30-10-9-28-25-38(20-13-27(28)21-30)41-37-18-5-15-35(24-26-7-2-1-3-8-26)14-4-16-36(17-6-19-37)40-31-11-12-32-29(22-31)23-34-39-32/h9-12,21-23,26H,1-8,13-20,24-25H2. The van der Waals surface area contributed by atoms with E-state index >= 15 is 0 Å². The van der Waals surface area contributed by atoms with Crippen LogP contribution in [0.5, 0.6) is 0 Å². The first-order valence-electron chi connectivity index (χ1n) is 15.6. The Balaban J connectivity index is 1.10. The molecule has 41 heavy (non-hydrogen) atoms. The molecule has 6 nitrogen and oxygen atoms in total. The van der Waals surface area contributed by atoms with Gasteiger partial charge in [0, 0.05) is 73.3 Å². The summed E-state index contributed by atoms with van der Waals surface area (Å²) in [5.41, 5.74) is 3.70. The van der Waals surface area contributed by atoms with E-state index in [9.17, 15) is 0 Å². The van der Waals surface area contributed by atoms with Crippen molar-refractivity contribution in [3.05, 3.63) is 58.7 Å². The molecule has 1 aliphatic carbocycles. The van der Waals surface area contributed by atoms with Gasteiger partial charge in [0.25, 0.3) is 0 Å². The Bertz CT molecular complexity index is 1250. The first kappa shape index (κ1) is 29.8. The third-order valence-electron chi connectivity index (χ3n) is 8.75. The number of hydrogen-bond donors (Lipinski definition) is 0. The number of aromatic nitrogens is 1. The van der Waals surface area contributed by atoms with E-state index in [0.29, 0.717) is 0 Å². The second-order valence-electron chi connectivity index (χ2n) is 11.9. The maximum atomic E-state index is 6.27. The van der Waals surface area contributed by atoms with Gasteiger partial charge in [-0.15, -0.1) is 0 Å². The largest absolute Gasteiger partial charge is 0.356 e. The molecule has 2 aliphatic heterocycles. The van der Waals surface area contributed by atoms with E-state index in [1.165, 1.54) is 87.0 Å². The van der Waals surface area contributed by atoms with Crippen molar-refractivity contribution in [1.82, 2.24) is 23.0 Å². The first-order valence-corrected chi connectivity index (χ1v) is 17.5. The predicted molar refractivity (Wildman–Crippen MR) is 173 cm³/mol. The molecular formula is C32H44ClN5OS2. The van der Waals surface area contributed by atoms with Crippen molar-refractivity contribution in [3.63, 3.8) is 0 Å². The van der Waals surface area contributed by atoms with E-state index in [2.05, 4.69) is 53.3 Å². The number of fused-ring (bicyclic) bond motifs is 2. The fourth-order valence-corrected chi connectivity index (χ4v) is 8.94. The van der Waals surface area contributed by atoms with Crippen LogP contribution >= 0.6 is 35.7 Å². The van der Waals surface area contributed by atoms with Crippen molar-refractivity contribution in [3.8, 4) is 0 Å². The second kappa shape index (κ2) is 15.0. The second-order valence-corrected chi connectivity index (χ2v) is 14.8. The van der Waals surface area contributed by atoms with Crippen molar-refractivity contribution in [2.75, 3.05) is 52.4 Å². The molecule has 1 aromatic heterocycles. The van der Waals surface area contributed by atoms with Gasteiger partial charge in [-0.05, 0) is 111 Å². The SMILES string of the molecule is Clc1ccc2c(c1)CCN(SN1CCCN(CC3CCCCC3)CCCN(Sc3ccc4oncc4c3)CCC1)C2. The van der Waals surface area contributed by atoms with E-state index in [4.69, 9.17) is 16.1 Å². The van der Waals surface area contributed by atoms with Crippen LogP contribution in [-0.4, -0.2) is 75.3 Å². The van der Waals surface area contributed by atoms with Gasteiger partial charge < -0.3 is 9.42 Å². The van der Waals surface area contributed by atoms with Crippen LogP contribution in [0.1, 0.15) is 62.5 Å². The summed E-state index contributed by atoms with van der Waals surface area (Å²) >= 11 is 10.1. The van der Waals surface area contributed by atoms with E-state index in [1.54, 1.807) is 0 Å². The minimum absolute atomic E-state index is 0.856. The van der Waals surface area contributed by atoms with Crippen LogP contribution < -0.4 is 0 Å². The zero-order chi connectivity index (χ0) is 27.9. The summed E-state index contributed by atoms with van der Waals surface area (Å²) in [4.78, 5) is 4.07. The molecule has 3 aliphatic rings. The topological polar surface area (TPSA) is 39.0 Å². The van der Waals surface area contributed by atoms with Gasteiger partial charge in [-0.25, -0.2) is 12.9 Å². The number of halogens is 1. The summed E-state index contributed by atoms with van der Waals surface area (Å²) in [5.74, 6) is 0.893. The minimum atomic E-state index is 0.856. The van der Waals surface area contributed by atoms with Gasteiger partial charge in [0.05, 0.1) is 6.20 Å². The van der Waals surface area contributed by atoms with Crippen molar-refractivity contribution in [2.45, 2.75) is 69.2 Å². The molecule has 222 valence electrons. The highest BCUT2D eigenvalue weighted by molar-refractivity contribution is 7.97. The van der Waals surface area contributed by atoms with E-state index in [-0.39, 0.29) is 0 Å². The molecule has 0 atom stereocenters. The normalized spacial score (nSPS) is 21.9. The smallest absolute Gasteiger partial charge is 0.166 e. The maximum absolute atomic E-state index is 6.27. The number of hydrogen-bond acceptors (Lipinski definition) is 8. The lowest BCUT2D eigenvalue weighted by molar-refractivity contribution is 0.187. The van der Waals surface area contributed by atoms with Crippen LogP contribution in [0, 0.1) is 5.92 Å². The molecular weight excluding hydrogens is 570 g/mol. The molecule has 1 saturated heterocycles.